The molecule has 0 aliphatic rings. The van der Waals surface area contributed by atoms with E-state index in [1.807, 2.05) is 0 Å². The first-order valence-corrected chi connectivity index (χ1v) is 6.08. The van der Waals surface area contributed by atoms with Crippen LogP contribution in [0.3, 0.4) is 0 Å². The molecular weight excluding hydrogens is 259 g/mol. The van der Waals surface area contributed by atoms with Crippen molar-refractivity contribution < 1.29 is 9.18 Å². The van der Waals surface area contributed by atoms with Crippen LogP contribution < -0.4 is 0 Å². The number of hydrogen-bond donors (Lipinski definition) is 0. The highest BCUT2D eigenvalue weighted by atomic mass is 35.5. The summed E-state index contributed by atoms with van der Waals surface area (Å²) in [5.41, 5.74) is 0.392. The Hall–Kier alpha value is -1.45. The molecule has 0 unspecified atom stereocenters. The predicted octanol–water partition coefficient (Wildman–Crippen LogP) is 4.44. The van der Waals surface area contributed by atoms with Gasteiger partial charge in [0.25, 0.3) is 0 Å². The van der Waals surface area contributed by atoms with Crippen molar-refractivity contribution in [3.05, 3.63) is 63.1 Å². The van der Waals surface area contributed by atoms with Crippen molar-refractivity contribution >= 4 is 34.8 Å². The molecule has 0 amide bonds. The molecule has 4 heteroatoms. The SMILES string of the molecule is O=C(/C=C/c1ccccc1F)c1ccc(Cl)s1. The lowest BCUT2D eigenvalue weighted by Gasteiger charge is -1.94. The normalized spacial score (nSPS) is 10.9. The molecule has 0 aliphatic heterocycles. The second-order valence-electron chi connectivity index (χ2n) is 3.32. The number of carbonyl (C=O) groups is 1. The van der Waals surface area contributed by atoms with Gasteiger partial charge in [-0.2, -0.15) is 0 Å². The van der Waals surface area contributed by atoms with Gasteiger partial charge in [0.2, 0.25) is 0 Å². The number of ketones is 1. The molecule has 2 rings (SSSR count). The zero-order chi connectivity index (χ0) is 12.3. The van der Waals surface area contributed by atoms with Gasteiger partial charge in [-0.1, -0.05) is 29.8 Å². The maximum Gasteiger partial charge on any atom is 0.195 e. The van der Waals surface area contributed by atoms with E-state index in [0.29, 0.717) is 14.8 Å². The van der Waals surface area contributed by atoms with E-state index in [1.54, 1.807) is 30.3 Å². The number of benzene rings is 1. The van der Waals surface area contributed by atoms with E-state index in [2.05, 4.69) is 0 Å². The van der Waals surface area contributed by atoms with Gasteiger partial charge < -0.3 is 0 Å². The van der Waals surface area contributed by atoms with Crippen LogP contribution >= 0.6 is 22.9 Å². The molecule has 0 aliphatic carbocycles. The van der Waals surface area contributed by atoms with Gasteiger partial charge in [0.05, 0.1) is 9.21 Å². The highest BCUT2D eigenvalue weighted by molar-refractivity contribution is 7.18. The van der Waals surface area contributed by atoms with Crippen molar-refractivity contribution in [2.45, 2.75) is 0 Å². The molecule has 0 saturated heterocycles. The van der Waals surface area contributed by atoms with Crippen LogP contribution in [-0.4, -0.2) is 5.78 Å². The Labute approximate surface area is 107 Å². The molecule has 1 nitrogen and oxygen atoms in total. The maximum absolute atomic E-state index is 13.3. The molecular formula is C13H8ClFOS. The van der Waals surface area contributed by atoms with E-state index in [9.17, 15) is 9.18 Å². The van der Waals surface area contributed by atoms with Crippen molar-refractivity contribution in [1.29, 1.82) is 0 Å². The summed E-state index contributed by atoms with van der Waals surface area (Å²) in [6.45, 7) is 0. The average Bonchev–Trinajstić information content (AvgIpc) is 2.74. The smallest absolute Gasteiger partial charge is 0.195 e. The molecule has 2 aromatic rings. The minimum Gasteiger partial charge on any atom is -0.288 e. The molecule has 86 valence electrons. The van der Waals surface area contributed by atoms with Crippen LogP contribution in [0.5, 0.6) is 0 Å². The Balaban J connectivity index is 2.17. The highest BCUT2D eigenvalue weighted by Gasteiger charge is 2.05. The molecule has 0 fully saturated rings. The fourth-order valence-corrected chi connectivity index (χ4v) is 2.27. The molecule has 1 aromatic carbocycles. The van der Waals surface area contributed by atoms with Crippen molar-refractivity contribution in [2.24, 2.45) is 0 Å². The van der Waals surface area contributed by atoms with Gasteiger partial charge in [-0.3, -0.25) is 4.79 Å². The van der Waals surface area contributed by atoms with Crippen LogP contribution in [0.1, 0.15) is 15.2 Å². The zero-order valence-corrected chi connectivity index (χ0v) is 10.3. The topological polar surface area (TPSA) is 17.1 Å². The summed E-state index contributed by atoms with van der Waals surface area (Å²) < 4.78 is 13.8. The Morgan fingerprint density at radius 3 is 2.65 bits per heavy atom. The first-order chi connectivity index (χ1) is 8.16. The minimum atomic E-state index is -0.347. The number of halogens is 2. The van der Waals surface area contributed by atoms with Crippen LogP contribution in [0.25, 0.3) is 6.08 Å². The second kappa shape index (κ2) is 5.25. The fraction of sp³-hybridized carbons (Fsp3) is 0. The lowest BCUT2D eigenvalue weighted by molar-refractivity contribution is 0.105. The lowest BCUT2D eigenvalue weighted by Crippen LogP contribution is -1.89. The number of rotatable bonds is 3. The highest BCUT2D eigenvalue weighted by Crippen LogP contribution is 2.22. The molecule has 0 bridgehead atoms. The van der Waals surface area contributed by atoms with Gasteiger partial charge in [-0.05, 0) is 30.4 Å². The first kappa shape index (κ1) is 12.0. The summed E-state index contributed by atoms with van der Waals surface area (Å²) >= 11 is 6.94. The summed E-state index contributed by atoms with van der Waals surface area (Å²) in [5, 5.41) is 0. The van der Waals surface area contributed by atoms with Crippen LogP contribution in [0.4, 0.5) is 4.39 Å². The maximum atomic E-state index is 13.3. The van der Waals surface area contributed by atoms with Crippen molar-refractivity contribution in [2.75, 3.05) is 0 Å². The second-order valence-corrected chi connectivity index (χ2v) is 5.04. The van der Waals surface area contributed by atoms with E-state index >= 15 is 0 Å². The number of carbonyl (C=O) groups excluding carboxylic acids is 1. The van der Waals surface area contributed by atoms with E-state index in [4.69, 9.17) is 11.6 Å². The summed E-state index contributed by atoms with van der Waals surface area (Å²) in [6, 6.07) is 9.60. The standard InChI is InChI=1S/C13H8ClFOS/c14-13-8-7-12(17-13)11(16)6-5-9-3-1-2-4-10(9)15/h1-8H/b6-5+. The third-order valence-corrected chi connectivity index (χ3v) is 3.38. The number of thiophene rings is 1. The summed E-state index contributed by atoms with van der Waals surface area (Å²) in [5.74, 6) is -0.522. The van der Waals surface area contributed by atoms with Crippen molar-refractivity contribution in [3.8, 4) is 0 Å². The predicted molar refractivity (Wildman–Crippen MR) is 69.1 cm³/mol. The Morgan fingerprint density at radius 1 is 1.24 bits per heavy atom. The molecule has 0 atom stereocenters. The molecule has 0 N–H and O–H groups in total. The molecule has 0 radical (unpaired) electrons. The average molecular weight is 267 g/mol. The quantitative estimate of drug-likeness (QED) is 0.593. The van der Waals surface area contributed by atoms with Gasteiger partial charge in [0, 0.05) is 5.56 Å². The van der Waals surface area contributed by atoms with E-state index in [-0.39, 0.29) is 11.6 Å². The van der Waals surface area contributed by atoms with Gasteiger partial charge in [0.15, 0.2) is 5.78 Å². The molecule has 17 heavy (non-hydrogen) atoms. The molecule has 0 saturated carbocycles. The van der Waals surface area contributed by atoms with Gasteiger partial charge in [-0.15, -0.1) is 11.3 Å². The van der Waals surface area contributed by atoms with E-state index in [0.717, 1.165) is 0 Å². The van der Waals surface area contributed by atoms with E-state index in [1.165, 1.54) is 29.6 Å². The molecule has 0 spiro atoms. The van der Waals surface area contributed by atoms with Crippen molar-refractivity contribution in [1.82, 2.24) is 0 Å². The summed E-state index contributed by atoms with van der Waals surface area (Å²) in [6.07, 6.45) is 2.81. The minimum absolute atomic E-state index is 0.176. The van der Waals surface area contributed by atoms with Crippen LogP contribution in [0, 0.1) is 5.82 Å². The Morgan fingerprint density at radius 2 is 2.00 bits per heavy atom. The lowest BCUT2D eigenvalue weighted by atomic mass is 10.2. The summed E-state index contributed by atoms with van der Waals surface area (Å²) in [4.78, 5) is 12.2. The summed E-state index contributed by atoms with van der Waals surface area (Å²) in [7, 11) is 0. The van der Waals surface area contributed by atoms with Crippen LogP contribution in [-0.2, 0) is 0 Å². The molecule has 1 aromatic heterocycles. The Bertz CT molecular complexity index is 574. The third-order valence-electron chi connectivity index (χ3n) is 2.14. The van der Waals surface area contributed by atoms with Gasteiger partial charge in [-0.25, -0.2) is 4.39 Å². The molecule has 1 heterocycles. The van der Waals surface area contributed by atoms with Gasteiger partial charge >= 0.3 is 0 Å². The Kier molecular flexibility index (Phi) is 3.71. The first-order valence-electron chi connectivity index (χ1n) is 4.89. The zero-order valence-electron chi connectivity index (χ0n) is 8.69. The van der Waals surface area contributed by atoms with Crippen LogP contribution in [0.15, 0.2) is 42.5 Å². The van der Waals surface area contributed by atoms with Crippen LogP contribution in [0.2, 0.25) is 4.34 Å². The van der Waals surface area contributed by atoms with Crippen molar-refractivity contribution in [3.63, 3.8) is 0 Å². The largest absolute Gasteiger partial charge is 0.288 e. The van der Waals surface area contributed by atoms with E-state index < -0.39 is 0 Å². The van der Waals surface area contributed by atoms with Gasteiger partial charge in [0.1, 0.15) is 5.82 Å². The monoisotopic (exact) mass is 266 g/mol. The number of hydrogen-bond acceptors (Lipinski definition) is 2. The fourth-order valence-electron chi connectivity index (χ4n) is 1.30. The number of allylic oxidation sites excluding steroid dienone is 1. The third kappa shape index (κ3) is 3.02.